The summed E-state index contributed by atoms with van der Waals surface area (Å²) in [4.78, 5) is 8.73. The van der Waals surface area contributed by atoms with Gasteiger partial charge in [0.25, 0.3) is 0 Å². The first-order valence-electron chi connectivity index (χ1n) is 10.2. The molecule has 1 saturated heterocycles. The van der Waals surface area contributed by atoms with Crippen LogP contribution in [-0.2, 0) is 20.0 Å². The van der Waals surface area contributed by atoms with Crippen LogP contribution < -0.4 is 10.6 Å². The minimum Gasteiger partial charge on any atom is -0.356 e. The molecule has 0 radical (unpaired) electrons. The Bertz CT molecular complexity index is 743. The van der Waals surface area contributed by atoms with Crippen molar-refractivity contribution in [2.45, 2.75) is 58.7 Å². The molecule has 2 aromatic rings. The van der Waals surface area contributed by atoms with Gasteiger partial charge in [0, 0.05) is 43.6 Å². The van der Waals surface area contributed by atoms with Crippen LogP contribution in [0, 0.1) is 6.92 Å². The van der Waals surface area contributed by atoms with E-state index < -0.39 is 0 Å². The van der Waals surface area contributed by atoms with Gasteiger partial charge in [-0.25, -0.2) is 4.99 Å². The fourth-order valence-electron chi connectivity index (χ4n) is 3.40. The first-order valence-corrected chi connectivity index (χ1v) is 11.1. The van der Waals surface area contributed by atoms with Crippen LogP contribution in [0.3, 0.4) is 0 Å². The first-order chi connectivity index (χ1) is 13.5. The Morgan fingerprint density at radius 1 is 1.32 bits per heavy atom. The van der Waals surface area contributed by atoms with E-state index in [0.29, 0.717) is 18.6 Å². The highest BCUT2D eigenvalue weighted by Crippen LogP contribution is 2.13. The number of hydrogen-bond donors (Lipinski definition) is 2. The molecule has 3 heterocycles. The van der Waals surface area contributed by atoms with Gasteiger partial charge in [-0.3, -0.25) is 0 Å². The topological polar surface area (TPSA) is 70.4 Å². The molecule has 28 heavy (non-hydrogen) atoms. The van der Waals surface area contributed by atoms with Gasteiger partial charge in [0.2, 0.25) is 0 Å². The predicted octanol–water partition coefficient (Wildman–Crippen LogP) is 2.34. The van der Waals surface area contributed by atoms with E-state index >= 15 is 0 Å². The number of nitrogens with one attached hydrogen (secondary N) is 2. The molecule has 0 amide bonds. The van der Waals surface area contributed by atoms with Crippen molar-refractivity contribution in [2.75, 3.05) is 19.6 Å². The lowest BCUT2D eigenvalue weighted by molar-refractivity contribution is 0.167. The van der Waals surface area contributed by atoms with Crippen molar-refractivity contribution in [3.05, 3.63) is 34.0 Å². The number of aromatic nitrogens is 3. The minimum absolute atomic E-state index is 0.462. The van der Waals surface area contributed by atoms with Gasteiger partial charge >= 0.3 is 0 Å². The maximum atomic E-state index is 4.80. The van der Waals surface area contributed by atoms with Crippen molar-refractivity contribution in [3.63, 3.8) is 0 Å². The Hall–Kier alpha value is -1.93. The molecule has 8 heteroatoms. The number of aliphatic imine (C=N–C) groups is 1. The Morgan fingerprint density at radius 2 is 2.11 bits per heavy atom. The van der Waals surface area contributed by atoms with E-state index in [1.165, 1.54) is 4.88 Å². The molecular formula is C20H33N7S. The van der Waals surface area contributed by atoms with Gasteiger partial charge < -0.3 is 20.1 Å². The molecule has 0 saturated carbocycles. The zero-order valence-electron chi connectivity index (χ0n) is 17.5. The average Bonchev–Trinajstić information content (AvgIpc) is 3.31. The fraction of sp³-hybridized carbons (Fsp3) is 0.650. The largest absolute Gasteiger partial charge is 0.356 e. The zero-order chi connectivity index (χ0) is 19.9. The lowest BCUT2D eigenvalue weighted by Crippen LogP contribution is -2.50. The molecule has 0 bridgehead atoms. The predicted molar refractivity (Wildman–Crippen MR) is 116 cm³/mol. The van der Waals surface area contributed by atoms with Gasteiger partial charge in [-0.15, -0.1) is 21.5 Å². The molecule has 3 rings (SSSR count). The summed E-state index contributed by atoms with van der Waals surface area (Å²) < 4.78 is 1.99. The van der Waals surface area contributed by atoms with E-state index in [9.17, 15) is 0 Å². The Balaban J connectivity index is 1.58. The highest BCUT2D eigenvalue weighted by Gasteiger charge is 2.21. The molecule has 154 valence electrons. The maximum absolute atomic E-state index is 4.80. The van der Waals surface area contributed by atoms with Gasteiger partial charge in [0.1, 0.15) is 12.4 Å². The summed E-state index contributed by atoms with van der Waals surface area (Å²) >= 11 is 1.80. The number of aryl methyl sites for hydroxylation is 1. The van der Waals surface area contributed by atoms with Gasteiger partial charge in [0.15, 0.2) is 11.8 Å². The van der Waals surface area contributed by atoms with Crippen molar-refractivity contribution in [2.24, 2.45) is 12.0 Å². The summed E-state index contributed by atoms with van der Waals surface area (Å²) in [5.74, 6) is 2.66. The van der Waals surface area contributed by atoms with E-state index in [4.69, 9.17) is 4.99 Å². The smallest absolute Gasteiger partial charge is 0.191 e. The third-order valence-electron chi connectivity index (χ3n) is 5.41. The van der Waals surface area contributed by atoms with Crippen molar-refractivity contribution in [3.8, 4) is 0 Å². The van der Waals surface area contributed by atoms with Crippen LogP contribution in [0.25, 0.3) is 0 Å². The van der Waals surface area contributed by atoms with Crippen LogP contribution in [-0.4, -0.2) is 57.3 Å². The maximum Gasteiger partial charge on any atom is 0.191 e. The van der Waals surface area contributed by atoms with E-state index in [2.05, 4.69) is 57.1 Å². The number of rotatable bonds is 7. The number of likely N-dealkylation sites (tertiary alicyclic amines) is 1. The summed E-state index contributed by atoms with van der Waals surface area (Å²) in [5.41, 5.74) is 0. The van der Waals surface area contributed by atoms with Crippen LogP contribution in [0.1, 0.15) is 43.2 Å². The SMILES string of the molecule is Cc1nnc(CN=C(NCCc2cccs2)NC2CCN(C(C)C)CC2)n1C. The Morgan fingerprint density at radius 3 is 2.71 bits per heavy atom. The Labute approximate surface area is 172 Å². The molecule has 0 unspecified atom stereocenters. The molecule has 0 atom stereocenters. The summed E-state index contributed by atoms with van der Waals surface area (Å²) in [7, 11) is 1.99. The molecule has 0 aliphatic carbocycles. The standard InChI is InChI=1S/C20H33N7S/c1-15(2)27-11-8-17(9-12-27)23-20(21-10-7-18-6-5-13-28-18)22-14-19-25-24-16(3)26(19)4/h5-6,13,15,17H,7-12,14H2,1-4H3,(H2,21,22,23). The van der Waals surface area contributed by atoms with Crippen LogP contribution in [0.4, 0.5) is 0 Å². The second kappa shape index (κ2) is 10.0. The number of piperidine rings is 1. The molecular weight excluding hydrogens is 370 g/mol. The molecule has 1 fully saturated rings. The third-order valence-corrected chi connectivity index (χ3v) is 6.34. The molecule has 2 aromatic heterocycles. The molecule has 0 aromatic carbocycles. The van der Waals surface area contributed by atoms with Crippen LogP contribution in [0.2, 0.25) is 0 Å². The fourth-order valence-corrected chi connectivity index (χ4v) is 4.11. The van der Waals surface area contributed by atoms with Crippen LogP contribution in [0.5, 0.6) is 0 Å². The van der Waals surface area contributed by atoms with Crippen LogP contribution in [0.15, 0.2) is 22.5 Å². The van der Waals surface area contributed by atoms with E-state index in [0.717, 1.165) is 56.5 Å². The summed E-state index contributed by atoms with van der Waals surface area (Å²) in [6.07, 6.45) is 3.30. The molecule has 1 aliphatic rings. The summed E-state index contributed by atoms with van der Waals surface area (Å²) in [6, 6.07) is 5.37. The number of hydrogen-bond acceptors (Lipinski definition) is 5. The third kappa shape index (κ3) is 5.78. The molecule has 1 aliphatic heterocycles. The zero-order valence-corrected chi connectivity index (χ0v) is 18.3. The van der Waals surface area contributed by atoms with E-state index in [-0.39, 0.29) is 0 Å². The van der Waals surface area contributed by atoms with Gasteiger partial charge in [-0.05, 0) is 51.5 Å². The highest BCUT2D eigenvalue weighted by atomic mass is 32.1. The lowest BCUT2D eigenvalue weighted by atomic mass is 10.0. The van der Waals surface area contributed by atoms with Gasteiger partial charge in [-0.1, -0.05) is 6.07 Å². The first kappa shape index (κ1) is 20.8. The summed E-state index contributed by atoms with van der Waals surface area (Å²) in [5, 5.41) is 17.6. The van der Waals surface area contributed by atoms with E-state index in [1.54, 1.807) is 11.3 Å². The van der Waals surface area contributed by atoms with Crippen molar-refractivity contribution in [1.29, 1.82) is 0 Å². The number of guanidine groups is 1. The number of thiophene rings is 1. The second-order valence-corrected chi connectivity index (χ2v) is 8.72. The lowest BCUT2D eigenvalue weighted by Gasteiger charge is -2.35. The quantitative estimate of drug-likeness (QED) is 0.548. The van der Waals surface area contributed by atoms with E-state index in [1.807, 2.05) is 18.5 Å². The van der Waals surface area contributed by atoms with Crippen molar-refractivity contribution in [1.82, 2.24) is 30.3 Å². The monoisotopic (exact) mass is 403 g/mol. The van der Waals surface area contributed by atoms with Crippen molar-refractivity contribution >= 4 is 17.3 Å². The Kier molecular flexibility index (Phi) is 7.44. The van der Waals surface area contributed by atoms with Gasteiger partial charge in [-0.2, -0.15) is 0 Å². The highest BCUT2D eigenvalue weighted by molar-refractivity contribution is 7.09. The van der Waals surface area contributed by atoms with Gasteiger partial charge in [0.05, 0.1) is 0 Å². The molecule has 7 nitrogen and oxygen atoms in total. The molecule has 2 N–H and O–H groups in total. The normalized spacial score (nSPS) is 16.7. The number of nitrogens with zero attached hydrogens (tertiary/aromatic N) is 5. The minimum atomic E-state index is 0.462. The van der Waals surface area contributed by atoms with Crippen LogP contribution >= 0.6 is 11.3 Å². The second-order valence-electron chi connectivity index (χ2n) is 7.69. The summed E-state index contributed by atoms with van der Waals surface area (Å²) in [6.45, 7) is 10.2. The van der Waals surface area contributed by atoms with Crippen molar-refractivity contribution < 1.29 is 0 Å². The molecule has 0 spiro atoms. The average molecular weight is 404 g/mol.